The lowest BCUT2D eigenvalue weighted by Gasteiger charge is -2.22. The summed E-state index contributed by atoms with van der Waals surface area (Å²) in [4.78, 5) is 17.6. The molecular weight excluding hydrogens is 252 g/mol. The summed E-state index contributed by atoms with van der Waals surface area (Å²) in [6.45, 7) is 8.71. The number of benzene rings is 1. The van der Waals surface area contributed by atoms with Crippen LogP contribution in [-0.2, 0) is 0 Å². The lowest BCUT2D eigenvalue weighted by molar-refractivity contribution is 0.0698. The van der Waals surface area contributed by atoms with E-state index in [1.165, 1.54) is 6.20 Å². The van der Waals surface area contributed by atoms with Crippen molar-refractivity contribution in [2.24, 2.45) is 0 Å². The molecule has 0 amide bonds. The monoisotopic (exact) mass is 268 g/mol. The third kappa shape index (κ3) is 2.54. The standard InChI is InChI=1S/C16H16N2O2/c1-3-9-18(10-4-2)15-13-8-6-5-7-12(13)14(11-17-15)16(19)20/h3-8,11H,1-2,9-10H2,(H,19,20). The molecule has 102 valence electrons. The molecule has 1 heterocycles. The van der Waals surface area contributed by atoms with Crippen LogP contribution in [0.3, 0.4) is 0 Å². The first-order valence-electron chi connectivity index (χ1n) is 6.26. The van der Waals surface area contributed by atoms with Gasteiger partial charge in [0.15, 0.2) is 0 Å². The summed E-state index contributed by atoms with van der Waals surface area (Å²) >= 11 is 0. The number of pyridine rings is 1. The maximum Gasteiger partial charge on any atom is 0.337 e. The van der Waals surface area contributed by atoms with Gasteiger partial charge < -0.3 is 10.0 Å². The molecule has 0 spiro atoms. The first-order chi connectivity index (χ1) is 9.69. The molecule has 2 aromatic rings. The van der Waals surface area contributed by atoms with Gasteiger partial charge in [-0.2, -0.15) is 0 Å². The van der Waals surface area contributed by atoms with E-state index in [2.05, 4.69) is 18.1 Å². The Morgan fingerprint density at radius 2 is 1.80 bits per heavy atom. The van der Waals surface area contributed by atoms with Crippen molar-refractivity contribution in [3.05, 3.63) is 61.3 Å². The molecule has 20 heavy (non-hydrogen) atoms. The molecule has 2 rings (SSSR count). The van der Waals surface area contributed by atoms with E-state index in [1.807, 2.05) is 23.1 Å². The van der Waals surface area contributed by atoms with E-state index >= 15 is 0 Å². The lowest BCUT2D eigenvalue weighted by Crippen LogP contribution is -2.24. The number of carbonyl (C=O) groups is 1. The van der Waals surface area contributed by atoms with Gasteiger partial charge in [0.05, 0.1) is 5.56 Å². The highest BCUT2D eigenvalue weighted by atomic mass is 16.4. The largest absolute Gasteiger partial charge is 0.478 e. The minimum absolute atomic E-state index is 0.210. The van der Waals surface area contributed by atoms with Gasteiger partial charge in [-0.15, -0.1) is 13.2 Å². The Bertz CT molecular complexity index is 655. The highest BCUT2D eigenvalue weighted by molar-refractivity contribution is 6.06. The van der Waals surface area contributed by atoms with E-state index in [0.717, 1.165) is 11.2 Å². The van der Waals surface area contributed by atoms with Gasteiger partial charge in [0.1, 0.15) is 5.82 Å². The number of hydrogen-bond donors (Lipinski definition) is 1. The minimum atomic E-state index is -0.973. The second-order valence-corrected chi connectivity index (χ2v) is 4.33. The van der Waals surface area contributed by atoms with Crippen molar-refractivity contribution in [3.8, 4) is 0 Å². The Labute approximate surface area is 117 Å². The van der Waals surface area contributed by atoms with Crippen LogP contribution in [0.5, 0.6) is 0 Å². The molecule has 0 fully saturated rings. The second-order valence-electron chi connectivity index (χ2n) is 4.33. The molecule has 0 atom stereocenters. The van der Waals surface area contributed by atoms with Gasteiger partial charge >= 0.3 is 5.97 Å². The van der Waals surface area contributed by atoms with Crippen molar-refractivity contribution < 1.29 is 9.90 Å². The lowest BCUT2D eigenvalue weighted by atomic mass is 10.1. The summed E-state index contributed by atoms with van der Waals surface area (Å²) in [6.07, 6.45) is 4.97. The number of aromatic nitrogens is 1. The number of nitrogens with zero attached hydrogens (tertiary/aromatic N) is 2. The van der Waals surface area contributed by atoms with Crippen LogP contribution in [0.15, 0.2) is 55.8 Å². The topological polar surface area (TPSA) is 53.4 Å². The molecule has 0 aliphatic rings. The summed E-state index contributed by atoms with van der Waals surface area (Å²) in [5, 5.41) is 10.7. The van der Waals surface area contributed by atoms with Crippen LogP contribution < -0.4 is 4.90 Å². The predicted octanol–water partition coefficient (Wildman–Crippen LogP) is 3.11. The number of hydrogen-bond acceptors (Lipinski definition) is 3. The fourth-order valence-electron chi connectivity index (χ4n) is 2.16. The van der Waals surface area contributed by atoms with Gasteiger partial charge in [0.2, 0.25) is 0 Å². The molecule has 4 heteroatoms. The molecule has 0 unspecified atom stereocenters. The smallest absolute Gasteiger partial charge is 0.337 e. The number of rotatable bonds is 6. The summed E-state index contributed by atoms with van der Waals surface area (Å²) in [7, 11) is 0. The Morgan fingerprint density at radius 1 is 1.20 bits per heavy atom. The highest BCUT2D eigenvalue weighted by Crippen LogP contribution is 2.27. The molecule has 1 aromatic carbocycles. The van der Waals surface area contributed by atoms with E-state index in [4.69, 9.17) is 0 Å². The quantitative estimate of drug-likeness (QED) is 0.818. The molecule has 0 aliphatic heterocycles. The fraction of sp³-hybridized carbons (Fsp3) is 0.125. The van der Waals surface area contributed by atoms with E-state index in [-0.39, 0.29) is 5.56 Å². The molecule has 0 aliphatic carbocycles. The summed E-state index contributed by atoms with van der Waals surface area (Å²) in [5.74, 6) is -0.232. The first kappa shape index (κ1) is 13.8. The van der Waals surface area contributed by atoms with Crippen molar-refractivity contribution in [1.29, 1.82) is 0 Å². The van der Waals surface area contributed by atoms with E-state index in [0.29, 0.717) is 18.5 Å². The fourth-order valence-corrected chi connectivity index (χ4v) is 2.16. The van der Waals surface area contributed by atoms with Gasteiger partial charge in [-0.25, -0.2) is 9.78 Å². The molecule has 0 radical (unpaired) electrons. The number of fused-ring (bicyclic) bond motifs is 1. The van der Waals surface area contributed by atoms with Crippen LogP contribution in [0, 0.1) is 0 Å². The van der Waals surface area contributed by atoms with Crippen molar-refractivity contribution in [1.82, 2.24) is 4.98 Å². The van der Waals surface area contributed by atoms with Crippen molar-refractivity contribution in [2.45, 2.75) is 0 Å². The Kier molecular flexibility index (Phi) is 4.15. The van der Waals surface area contributed by atoms with Crippen LogP contribution in [0.25, 0.3) is 10.8 Å². The summed E-state index contributed by atoms with van der Waals surface area (Å²) in [5.41, 5.74) is 0.210. The Hall–Kier alpha value is -2.62. The Morgan fingerprint density at radius 3 is 2.35 bits per heavy atom. The van der Waals surface area contributed by atoms with Crippen molar-refractivity contribution in [2.75, 3.05) is 18.0 Å². The van der Waals surface area contributed by atoms with Crippen LogP contribution in [0.2, 0.25) is 0 Å². The average molecular weight is 268 g/mol. The van der Waals surface area contributed by atoms with Crippen molar-refractivity contribution in [3.63, 3.8) is 0 Å². The molecule has 0 saturated carbocycles. The SMILES string of the molecule is C=CCN(CC=C)c1ncc(C(=O)O)c2ccccc12. The van der Waals surface area contributed by atoms with Gasteiger partial charge in [0, 0.05) is 30.1 Å². The summed E-state index contributed by atoms with van der Waals surface area (Å²) < 4.78 is 0. The molecular formula is C16H16N2O2. The highest BCUT2D eigenvalue weighted by Gasteiger charge is 2.15. The van der Waals surface area contributed by atoms with E-state index < -0.39 is 5.97 Å². The summed E-state index contributed by atoms with van der Waals surface area (Å²) in [6, 6.07) is 7.37. The zero-order chi connectivity index (χ0) is 14.5. The second kappa shape index (κ2) is 6.02. The molecule has 1 N–H and O–H groups in total. The predicted molar refractivity (Wildman–Crippen MR) is 81.3 cm³/mol. The molecule has 0 saturated heterocycles. The molecule has 4 nitrogen and oxygen atoms in total. The van der Waals surface area contributed by atoms with Crippen LogP contribution >= 0.6 is 0 Å². The van der Waals surface area contributed by atoms with Gasteiger partial charge in [-0.1, -0.05) is 36.4 Å². The van der Waals surface area contributed by atoms with Gasteiger partial charge in [-0.05, 0) is 0 Å². The Balaban J connectivity index is 2.65. The van der Waals surface area contributed by atoms with Gasteiger partial charge in [0.25, 0.3) is 0 Å². The number of carboxylic acids is 1. The van der Waals surface area contributed by atoms with Crippen LogP contribution in [0.1, 0.15) is 10.4 Å². The maximum atomic E-state index is 11.3. The van der Waals surface area contributed by atoms with Crippen molar-refractivity contribution >= 4 is 22.6 Å². The molecule has 1 aromatic heterocycles. The average Bonchev–Trinajstić information content (AvgIpc) is 2.45. The maximum absolute atomic E-state index is 11.3. The normalized spacial score (nSPS) is 10.2. The van der Waals surface area contributed by atoms with Crippen LogP contribution in [-0.4, -0.2) is 29.1 Å². The van der Waals surface area contributed by atoms with Gasteiger partial charge in [-0.3, -0.25) is 0 Å². The minimum Gasteiger partial charge on any atom is -0.478 e. The van der Waals surface area contributed by atoms with E-state index in [9.17, 15) is 9.90 Å². The zero-order valence-corrected chi connectivity index (χ0v) is 11.1. The molecule has 0 bridgehead atoms. The third-order valence-corrected chi connectivity index (χ3v) is 3.00. The third-order valence-electron chi connectivity index (χ3n) is 3.00. The zero-order valence-electron chi connectivity index (χ0n) is 11.1. The van der Waals surface area contributed by atoms with E-state index in [1.54, 1.807) is 18.2 Å². The number of aromatic carboxylic acids is 1. The number of anilines is 1. The number of carboxylic acid groups (broad SMARTS) is 1. The first-order valence-corrected chi connectivity index (χ1v) is 6.26. The van der Waals surface area contributed by atoms with Crippen LogP contribution in [0.4, 0.5) is 5.82 Å².